The van der Waals surface area contributed by atoms with Gasteiger partial charge < -0.3 is 0 Å². The fourth-order valence-electron chi connectivity index (χ4n) is 3.48. The molecule has 4 heteroatoms. The number of hydrogen-bond donors (Lipinski definition) is 0. The van der Waals surface area contributed by atoms with Gasteiger partial charge in [-0.2, -0.15) is 4.31 Å². The largest absolute Gasteiger partial charge is 0.243 e. The van der Waals surface area contributed by atoms with Gasteiger partial charge in [0.05, 0.1) is 4.90 Å². The lowest BCUT2D eigenvalue weighted by atomic mass is 10.0. The summed E-state index contributed by atoms with van der Waals surface area (Å²) < 4.78 is 27.7. The van der Waals surface area contributed by atoms with E-state index >= 15 is 0 Å². The summed E-state index contributed by atoms with van der Waals surface area (Å²) in [4.78, 5) is 0.385. The Bertz CT molecular complexity index is 732. The number of sulfonamides is 1. The second kappa shape index (κ2) is 10.8. The summed E-state index contributed by atoms with van der Waals surface area (Å²) in [6.45, 7) is 9.42. The number of nitrogens with zero attached hydrogens (tertiary/aromatic N) is 1. The van der Waals surface area contributed by atoms with E-state index in [0.717, 1.165) is 36.0 Å². The van der Waals surface area contributed by atoms with Crippen LogP contribution in [0.1, 0.15) is 70.3 Å². The molecule has 0 spiro atoms. The van der Waals surface area contributed by atoms with Gasteiger partial charge in [-0.3, -0.25) is 0 Å². The highest BCUT2D eigenvalue weighted by atomic mass is 32.2. The number of aryl methyl sites for hydroxylation is 1. The van der Waals surface area contributed by atoms with Gasteiger partial charge in [-0.25, -0.2) is 8.42 Å². The van der Waals surface area contributed by atoms with Crippen molar-refractivity contribution in [2.45, 2.75) is 76.5 Å². The fraction of sp³-hybridized carbons (Fsp3) is 0.565. The van der Waals surface area contributed by atoms with Crippen molar-refractivity contribution < 1.29 is 8.42 Å². The number of rotatable bonds is 9. The zero-order chi connectivity index (χ0) is 19.7. The molecular weight excluding hydrogens is 354 g/mol. The molecule has 0 N–H and O–H groups in total. The first-order chi connectivity index (χ1) is 12.9. The monoisotopic (exact) mass is 389 g/mol. The molecule has 3 nitrogen and oxygen atoms in total. The third kappa shape index (κ3) is 6.62. The SMILES string of the molecule is C=C1CCCN(S(=O)(=O)c2ccc(C)cc2)C/C1=C\CCCCCCCC. The van der Waals surface area contributed by atoms with Crippen molar-refractivity contribution in [1.82, 2.24) is 4.31 Å². The van der Waals surface area contributed by atoms with Crippen molar-refractivity contribution in [3.05, 3.63) is 53.6 Å². The molecule has 1 aromatic rings. The summed E-state index contributed by atoms with van der Waals surface area (Å²) in [5, 5.41) is 0. The quantitative estimate of drug-likeness (QED) is 0.485. The van der Waals surface area contributed by atoms with Gasteiger partial charge in [0, 0.05) is 13.1 Å². The Labute approximate surface area is 166 Å². The molecule has 1 aliphatic heterocycles. The molecule has 1 saturated heterocycles. The van der Waals surface area contributed by atoms with Crippen LogP contribution in [0, 0.1) is 6.92 Å². The summed E-state index contributed by atoms with van der Waals surface area (Å²) in [5.41, 5.74) is 3.28. The van der Waals surface area contributed by atoms with Gasteiger partial charge in [-0.05, 0) is 50.3 Å². The van der Waals surface area contributed by atoms with Crippen LogP contribution in [0.2, 0.25) is 0 Å². The maximum atomic E-state index is 13.0. The Morgan fingerprint density at radius 1 is 1.07 bits per heavy atom. The van der Waals surface area contributed by atoms with Gasteiger partial charge >= 0.3 is 0 Å². The van der Waals surface area contributed by atoms with E-state index in [-0.39, 0.29) is 0 Å². The first kappa shape index (κ1) is 21.9. The Hall–Kier alpha value is -1.39. The van der Waals surface area contributed by atoms with E-state index in [0.29, 0.717) is 18.0 Å². The summed E-state index contributed by atoms with van der Waals surface area (Å²) in [7, 11) is -3.45. The van der Waals surface area contributed by atoms with E-state index in [1.165, 1.54) is 38.5 Å². The Morgan fingerprint density at radius 2 is 1.74 bits per heavy atom. The number of unbranched alkanes of at least 4 members (excludes halogenated alkanes) is 6. The van der Waals surface area contributed by atoms with Crippen LogP contribution < -0.4 is 0 Å². The number of allylic oxidation sites excluding steroid dienone is 1. The average molecular weight is 390 g/mol. The van der Waals surface area contributed by atoms with Crippen molar-refractivity contribution in [2.24, 2.45) is 0 Å². The van der Waals surface area contributed by atoms with Gasteiger partial charge in [-0.15, -0.1) is 0 Å². The summed E-state index contributed by atoms with van der Waals surface area (Å²) in [6, 6.07) is 7.14. The standard InChI is InChI=1S/C23H35NO2S/c1-4-5-6-7-8-9-10-13-22-19-24(18-11-12-21(22)3)27(25,26)23-16-14-20(2)15-17-23/h13-17H,3-12,18-19H2,1-2H3/b22-13+. The minimum Gasteiger partial charge on any atom is -0.207 e. The molecule has 27 heavy (non-hydrogen) atoms. The second-order valence-corrected chi connectivity index (χ2v) is 9.58. The highest BCUT2D eigenvalue weighted by molar-refractivity contribution is 7.89. The summed E-state index contributed by atoms with van der Waals surface area (Å²) in [6.07, 6.45) is 12.6. The third-order valence-electron chi connectivity index (χ3n) is 5.29. The molecule has 1 fully saturated rings. The van der Waals surface area contributed by atoms with E-state index in [9.17, 15) is 8.42 Å². The maximum absolute atomic E-state index is 13.0. The van der Waals surface area contributed by atoms with E-state index in [1.54, 1.807) is 16.4 Å². The summed E-state index contributed by atoms with van der Waals surface area (Å²) in [5.74, 6) is 0. The zero-order valence-corrected chi connectivity index (χ0v) is 17.9. The molecule has 0 atom stereocenters. The lowest BCUT2D eigenvalue weighted by Crippen LogP contribution is -2.32. The maximum Gasteiger partial charge on any atom is 0.243 e. The predicted molar refractivity (Wildman–Crippen MR) is 114 cm³/mol. The van der Waals surface area contributed by atoms with Gasteiger partial charge in [0.1, 0.15) is 0 Å². The van der Waals surface area contributed by atoms with E-state index in [1.807, 2.05) is 19.1 Å². The van der Waals surface area contributed by atoms with Gasteiger partial charge in [-0.1, -0.05) is 75.0 Å². The molecule has 0 saturated carbocycles. The first-order valence-corrected chi connectivity index (χ1v) is 11.8. The zero-order valence-electron chi connectivity index (χ0n) is 17.0. The van der Waals surface area contributed by atoms with Crippen LogP contribution in [-0.4, -0.2) is 25.8 Å². The lowest BCUT2D eigenvalue weighted by Gasteiger charge is -2.21. The molecule has 2 rings (SSSR count). The van der Waals surface area contributed by atoms with Crippen LogP contribution >= 0.6 is 0 Å². The predicted octanol–water partition coefficient (Wildman–Crippen LogP) is 6.01. The Morgan fingerprint density at radius 3 is 2.44 bits per heavy atom. The Kier molecular flexibility index (Phi) is 8.78. The van der Waals surface area contributed by atoms with E-state index < -0.39 is 10.0 Å². The van der Waals surface area contributed by atoms with Crippen LogP contribution in [0.4, 0.5) is 0 Å². The molecular formula is C23H35NO2S. The van der Waals surface area contributed by atoms with Gasteiger partial charge in [0.25, 0.3) is 0 Å². The molecule has 0 aromatic heterocycles. The average Bonchev–Trinajstić information content (AvgIpc) is 2.83. The molecule has 0 aliphatic carbocycles. The normalized spacial score (nSPS) is 18.0. The van der Waals surface area contributed by atoms with Crippen LogP contribution in [0.15, 0.2) is 53.0 Å². The van der Waals surface area contributed by atoms with E-state index in [4.69, 9.17) is 0 Å². The highest BCUT2D eigenvalue weighted by Gasteiger charge is 2.27. The third-order valence-corrected chi connectivity index (χ3v) is 7.15. The number of benzene rings is 1. The molecule has 0 radical (unpaired) electrons. The molecule has 150 valence electrons. The Balaban J connectivity index is 2.01. The van der Waals surface area contributed by atoms with E-state index in [2.05, 4.69) is 19.6 Å². The van der Waals surface area contributed by atoms with Gasteiger partial charge in [0.15, 0.2) is 0 Å². The van der Waals surface area contributed by atoms with Gasteiger partial charge in [0.2, 0.25) is 10.0 Å². The van der Waals surface area contributed by atoms with Crippen LogP contribution in [0.5, 0.6) is 0 Å². The van der Waals surface area contributed by atoms with Crippen molar-refractivity contribution in [1.29, 1.82) is 0 Å². The first-order valence-electron chi connectivity index (χ1n) is 10.4. The lowest BCUT2D eigenvalue weighted by molar-refractivity contribution is 0.441. The minimum absolute atomic E-state index is 0.385. The molecule has 1 aromatic carbocycles. The van der Waals surface area contributed by atoms with Crippen LogP contribution in [-0.2, 0) is 10.0 Å². The smallest absolute Gasteiger partial charge is 0.207 e. The topological polar surface area (TPSA) is 37.4 Å². The van der Waals surface area contributed by atoms with Crippen LogP contribution in [0.25, 0.3) is 0 Å². The molecule has 0 unspecified atom stereocenters. The van der Waals surface area contributed by atoms with Crippen molar-refractivity contribution >= 4 is 10.0 Å². The van der Waals surface area contributed by atoms with Crippen LogP contribution in [0.3, 0.4) is 0 Å². The highest BCUT2D eigenvalue weighted by Crippen LogP contribution is 2.26. The van der Waals surface area contributed by atoms with Crippen molar-refractivity contribution in [2.75, 3.05) is 13.1 Å². The second-order valence-electron chi connectivity index (χ2n) is 7.64. The number of hydrogen-bond acceptors (Lipinski definition) is 2. The van der Waals surface area contributed by atoms with Crippen molar-refractivity contribution in [3.63, 3.8) is 0 Å². The molecule has 0 amide bonds. The van der Waals surface area contributed by atoms with Crippen molar-refractivity contribution in [3.8, 4) is 0 Å². The summed E-state index contributed by atoms with van der Waals surface area (Å²) >= 11 is 0. The fourth-order valence-corrected chi connectivity index (χ4v) is 4.94. The minimum atomic E-state index is -3.45. The molecule has 1 heterocycles. The molecule has 0 bridgehead atoms. The molecule has 1 aliphatic rings.